The Morgan fingerprint density at radius 1 is 1.29 bits per heavy atom. The van der Waals surface area contributed by atoms with Crippen molar-refractivity contribution >= 4 is 17.6 Å². The fraction of sp³-hybridized carbons (Fsp3) is 0.400. The molecule has 6 heteroatoms. The van der Waals surface area contributed by atoms with Crippen LogP contribution in [0.15, 0.2) is 35.1 Å². The van der Waals surface area contributed by atoms with E-state index in [1.165, 1.54) is 12.4 Å². The number of nitrogens with two attached hydrogens (primary N) is 2. The van der Waals surface area contributed by atoms with Crippen LogP contribution in [-0.2, 0) is 0 Å². The summed E-state index contributed by atoms with van der Waals surface area (Å²) in [6, 6.07) is 5.91. The Morgan fingerprint density at radius 3 is 2.62 bits per heavy atom. The Bertz CT molecular complexity index is 533. The van der Waals surface area contributed by atoms with Gasteiger partial charge in [0.2, 0.25) is 0 Å². The summed E-state index contributed by atoms with van der Waals surface area (Å²) < 4.78 is 5.50. The smallest absolute Gasteiger partial charge is 0.144 e. The highest BCUT2D eigenvalue weighted by Gasteiger charge is 2.17. The van der Waals surface area contributed by atoms with Gasteiger partial charge >= 0.3 is 0 Å². The standard InChI is InChI=1S/C15H23N5O/c1-19-5-7-20(8-6-19)14-4-3-13(9-15(14)21-2)18-11-12(17)10-16/h3-4,9-11H,5-8,16-17H2,1-2H3/b12-10-,18-11?. The SMILES string of the molecule is COc1cc(N=C/C(N)=C/N)ccc1N1CCN(C)CC1. The van der Waals surface area contributed by atoms with Crippen LogP contribution < -0.4 is 21.1 Å². The second-order valence-corrected chi connectivity index (χ2v) is 5.07. The summed E-state index contributed by atoms with van der Waals surface area (Å²) in [5.41, 5.74) is 13.2. The molecule has 0 spiro atoms. The lowest BCUT2D eigenvalue weighted by atomic mass is 10.2. The number of anilines is 1. The molecule has 0 aliphatic carbocycles. The zero-order chi connectivity index (χ0) is 15.2. The predicted octanol–water partition coefficient (Wildman–Crippen LogP) is 0.908. The van der Waals surface area contributed by atoms with E-state index in [9.17, 15) is 0 Å². The van der Waals surface area contributed by atoms with Gasteiger partial charge in [-0.1, -0.05) is 0 Å². The van der Waals surface area contributed by atoms with E-state index in [0.29, 0.717) is 5.70 Å². The zero-order valence-electron chi connectivity index (χ0n) is 12.6. The molecule has 0 unspecified atom stereocenters. The molecule has 0 amide bonds. The summed E-state index contributed by atoms with van der Waals surface area (Å²) in [5.74, 6) is 0.824. The van der Waals surface area contributed by atoms with Gasteiger partial charge < -0.3 is 26.0 Å². The van der Waals surface area contributed by atoms with Gasteiger partial charge in [-0.15, -0.1) is 0 Å². The molecular formula is C15H23N5O. The average Bonchev–Trinajstić information content (AvgIpc) is 2.53. The van der Waals surface area contributed by atoms with E-state index >= 15 is 0 Å². The van der Waals surface area contributed by atoms with Crippen molar-refractivity contribution in [3.05, 3.63) is 30.1 Å². The van der Waals surface area contributed by atoms with Crippen LogP contribution in [0.5, 0.6) is 5.75 Å². The number of benzene rings is 1. The predicted molar refractivity (Wildman–Crippen MR) is 87.3 cm³/mol. The van der Waals surface area contributed by atoms with Crippen LogP contribution in [0.3, 0.4) is 0 Å². The van der Waals surface area contributed by atoms with Gasteiger partial charge in [0, 0.05) is 38.4 Å². The summed E-state index contributed by atoms with van der Waals surface area (Å²) in [4.78, 5) is 8.94. The van der Waals surface area contributed by atoms with E-state index in [-0.39, 0.29) is 0 Å². The summed E-state index contributed by atoms with van der Waals surface area (Å²) >= 11 is 0. The summed E-state index contributed by atoms with van der Waals surface area (Å²) in [5, 5.41) is 0. The van der Waals surface area contributed by atoms with Crippen LogP contribution >= 0.6 is 0 Å². The Hall–Kier alpha value is -2.21. The molecule has 21 heavy (non-hydrogen) atoms. The first-order valence-electron chi connectivity index (χ1n) is 6.97. The molecule has 0 aromatic heterocycles. The number of allylic oxidation sites excluding steroid dienone is 1. The topological polar surface area (TPSA) is 80.1 Å². The van der Waals surface area contributed by atoms with Gasteiger partial charge in [-0.05, 0) is 19.2 Å². The van der Waals surface area contributed by atoms with Crippen molar-refractivity contribution < 1.29 is 4.74 Å². The third kappa shape index (κ3) is 3.88. The number of likely N-dealkylation sites (N-methyl/N-ethyl adjacent to an activating group) is 1. The number of piperazine rings is 1. The number of methoxy groups -OCH3 is 1. The maximum atomic E-state index is 5.59. The van der Waals surface area contributed by atoms with Gasteiger partial charge in [-0.3, -0.25) is 4.99 Å². The van der Waals surface area contributed by atoms with Gasteiger partial charge in [-0.25, -0.2) is 0 Å². The highest BCUT2D eigenvalue weighted by molar-refractivity contribution is 5.80. The molecule has 0 bridgehead atoms. The fourth-order valence-corrected chi connectivity index (χ4v) is 2.25. The minimum atomic E-state index is 0.428. The second kappa shape index (κ2) is 6.99. The van der Waals surface area contributed by atoms with Crippen LogP contribution in [0.2, 0.25) is 0 Å². The van der Waals surface area contributed by atoms with Gasteiger partial charge in [0.1, 0.15) is 5.75 Å². The number of rotatable bonds is 4. The quantitative estimate of drug-likeness (QED) is 0.805. The molecule has 4 N–H and O–H groups in total. The lowest BCUT2D eigenvalue weighted by molar-refractivity contribution is 0.311. The van der Waals surface area contributed by atoms with E-state index < -0.39 is 0 Å². The largest absolute Gasteiger partial charge is 0.495 e. The molecule has 1 aromatic rings. The number of aliphatic imine (C=N–C) groups is 1. The Kier molecular flexibility index (Phi) is 5.05. The zero-order valence-corrected chi connectivity index (χ0v) is 12.6. The van der Waals surface area contributed by atoms with Crippen LogP contribution in [0.4, 0.5) is 11.4 Å². The first-order chi connectivity index (χ1) is 10.1. The molecule has 114 valence electrons. The van der Waals surface area contributed by atoms with Crippen molar-refractivity contribution in [2.45, 2.75) is 0 Å². The summed E-state index contributed by atoms with van der Waals surface area (Å²) in [6.07, 6.45) is 2.85. The molecule has 1 aromatic carbocycles. The molecule has 1 fully saturated rings. The lowest BCUT2D eigenvalue weighted by Gasteiger charge is -2.34. The molecular weight excluding hydrogens is 266 g/mol. The molecule has 1 aliphatic rings. The monoisotopic (exact) mass is 289 g/mol. The van der Waals surface area contributed by atoms with Crippen molar-refractivity contribution in [2.24, 2.45) is 16.5 Å². The minimum Gasteiger partial charge on any atom is -0.495 e. The van der Waals surface area contributed by atoms with Gasteiger partial charge in [-0.2, -0.15) is 0 Å². The second-order valence-electron chi connectivity index (χ2n) is 5.07. The molecule has 2 rings (SSSR count). The Morgan fingerprint density at radius 2 is 2.00 bits per heavy atom. The summed E-state index contributed by atoms with van der Waals surface area (Å²) in [6.45, 7) is 4.11. The van der Waals surface area contributed by atoms with Gasteiger partial charge in [0.15, 0.2) is 0 Å². The average molecular weight is 289 g/mol. The molecule has 1 saturated heterocycles. The van der Waals surface area contributed by atoms with E-state index in [0.717, 1.165) is 43.3 Å². The van der Waals surface area contributed by atoms with Crippen LogP contribution in [0.25, 0.3) is 0 Å². The van der Waals surface area contributed by atoms with E-state index in [1.807, 2.05) is 18.2 Å². The molecule has 1 aliphatic heterocycles. The normalized spacial score (nSPS) is 17.4. The van der Waals surface area contributed by atoms with Crippen molar-refractivity contribution in [1.29, 1.82) is 0 Å². The van der Waals surface area contributed by atoms with Crippen LogP contribution in [0, 0.1) is 0 Å². The third-order valence-electron chi connectivity index (χ3n) is 3.56. The molecule has 0 saturated carbocycles. The first-order valence-corrected chi connectivity index (χ1v) is 6.97. The highest BCUT2D eigenvalue weighted by Crippen LogP contribution is 2.32. The van der Waals surface area contributed by atoms with Crippen LogP contribution in [0.1, 0.15) is 0 Å². The lowest BCUT2D eigenvalue weighted by Crippen LogP contribution is -2.44. The van der Waals surface area contributed by atoms with Crippen molar-refractivity contribution in [3.63, 3.8) is 0 Å². The number of nitrogens with zero attached hydrogens (tertiary/aromatic N) is 3. The molecule has 0 radical (unpaired) electrons. The van der Waals surface area contributed by atoms with Gasteiger partial charge in [0.05, 0.1) is 30.4 Å². The maximum absolute atomic E-state index is 5.59. The minimum absolute atomic E-state index is 0.428. The Balaban J connectivity index is 2.18. The molecule has 6 nitrogen and oxygen atoms in total. The van der Waals surface area contributed by atoms with Gasteiger partial charge in [0.25, 0.3) is 0 Å². The van der Waals surface area contributed by atoms with E-state index in [4.69, 9.17) is 16.2 Å². The van der Waals surface area contributed by atoms with Crippen molar-refractivity contribution in [1.82, 2.24) is 4.90 Å². The summed E-state index contributed by atoms with van der Waals surface area (Å²) in [7, 11) is 3.82. The number of ether oxygens (including phenoxy) is 1. The van der Waals surface area contributed by atoms with Crippen molar-refractivity contribution in [3.8, 4) is 5.75 Å². The van der Waals surface area contributed by atoms with Crippen molar-refractivity contribution in [2.75, 3.05) is 45.2 Å². The third-order valence-corrected chi connectivity index (χ3v) is 3.56. The molecule has 0 atom stereocenters. The Labute approximate surface area is 125 Å². The first kappa shape index (κ1) is 15.2. The fourth-order valence-electron chi connectivity index (χ4n) is 2.25. The number of hydrogen-bond donors (Lipinski definition) is 2. The number of hydrogen-bond acceptors (Lipinski definition) is 6. The van der Waals surface area contributed by atoms with E-state index in [1.54, 1.807) is 7.11 Å². The van der Waals surface area contributed by atoms with E-state index in [2.05, 4.69) is 21.8 Å². The highest BCUT2D eigenvalue weighted by atomic mass is 16.5. The maximum Gasteiger partial charge on any atom is 0.144 e. The molecule has 1 heterocycles. The van der Waals surface area contributed by atoms with Crippen LogP contribution in [-0.4, -0.2) is 51.5 Å².